The van der Waals surface area contributed by atoms with Crippen molar-refractivity contribution in [1.29, 1.82) is 0 Å². The van der Waals surface area contributed by atoms with Crippen LogP contribution in [0.2, 0.25) is 0 Å². The fourth-order valence-electron chi connectivity index (χ4n) is 9.66. The van der Waals surface area contributed by atoms with Crippen molar-refractivity contribution in [3.8, 4) is 17.2 Å². The van der Waals surface area contributed by atoms with Gasteiger partial charge in [0.25, 0.3) is 11.8 Å². The lowest BCUT2D eigenvalue weighted by Gasteiger charge is -2.51. The van der Waals surface area contributed by atoms with Gasteiger partial charge in [0.05, 0.1) is 40.8 Å². The number of aryl methyl sites for hydroxylation is 1. The Bertz CT molecular complexity index is 2410. The molecule has 4 aromatic rings. The maximum Gasteiger partial charge on any atom is 0.339 e. The number of hydrogen-bond acceptors (Lipinski definition) is 9. The Morgan fingerprint density at radius 1 is 0.873 bits per heavy atom. The van der Waals surface area contributed by atoms with Gasteiger partial charge >= 0.3 is 5.97 Å². The van der Waals surface area contributed by atoms with E-state index in [1.54, 1.807) is 30.5 Å². The summed E-state index contributed by atoms with van der Waals surface area (Å²) in [5.74, 6) is -7.47. The summed E-state index contributed by atoms with van der Waals surface area (Å²) >= 11 is 0. The van der Waals surface area contributed by atoms with E-state index >= 15 is 4.79 Å². The quantitative estimate of drug-likeness (QED) is 0.143. The molecule has 4 N–H and O–H groups in total. The zero-order valence-corrected chi connectivity index (χ0v) is 29.5. The van der Waals surface area contributed by atoms with Crippen LogP contribution in [0.15, 0.2) is 114 Å². The molecule has 3 aliphatic heterocycles. The molecule has 6 unspecified atom stereocenters. The number of carbonyl (C=O) groups excluding carboxylic acids is 4. The van der Waals surface area contributed by atoms with Crippen LogP contribution in [-0.2, 0) is 31.0 Å². The fourth-order valence-corrected chi connectivity index (χ4v) is 9.66. The standard InChI is InChI=1S/C43H35N3O9/c1-22-7-9-26(10-8-22)44-46-39(50)33-20-32-29(14-15-31-36(32)40(51)45(38(31)49)27-11-13-30(41(52)53)34(48)19-27)37(43(33,42(46)54)25-5-3-2-4-6-25)24-17-23-18-28(47)12-16-35(23)55-21-24/h2-14,16,18-19,21,31-33,36-37,44,47-48H,15,17,20H2,1H3,(H,52,53). The molecule has 6 atom stereocenters. The van der Waals surface area contributed by atoms with Crippen molar-refractivity contribution < 1.29 is 44.0 Å². The van der Waals surface area contributed by atoms with E-state index < -0.39 is 70.4 Å². The van der Waals surface area contributed by atoms with Gasteiger partial charge in [-0.2, -0.15) is 5.01 Å². The minimum Gasteiger partial charge on any atom is -0.508 e. The summed E-state index contributed by atoms with van der Waals surface area (Å²) in [5.41, 5.74) is 5.52. The number of phenols is 2. The average Bonchev–Trinajstić information content (AvgIpc) is 3.56. The second kappa shape index (κ2) is 12.4. The van der Waals surface area contributed by atoms with Crippen LogP contribution in [-0.4, -0.2) is 49.9 Å². The number of benzene rings is 4. The highest BCUT2D eigenvalue weighted by Gasteiger charge is 2.70. The Balaban J connectivity index is 1.20. The molecule has 276 valence electrons. The highest BCUT2D eigenvalue weighted by Crippen LogP contribution is 2.63. The predicted octanol–water partition coefficient (Wildman–Crippen LogP) is 5.65. The van der Waals surface area contributed by atoms with E-state index in [0.717, 1.165) is 33.2 Å². The number of nitrogens with one attached hydrogen (secondary N) is 1. The van der Waals surface area contributed by atoms with E-state index in [9.17, 15) is 34.5 Å². The summed E-state index contributed by atoms with van der Waals surface area (Å²) in [6.07, 6.45) is 4.06. The van der Waals surface area contributed by atoms with Crippen molar-refractivity contribution in [1.82, 2.24) is 5.01 Å². The van der Waals surface area contributed by atoms with E-state index in [1.165, 1.54) is 12.1 Å². The monoisotopic (exact) mass is 737 g/mol. The molecule has 0 radical (unpaired) electrons. The minimum absolute atomic E-state index is 0.0404. The Kier molecular flexibility index (Phi) is 7.71. The van der Waals surface area contributed by atoms with Crippen molar-refractivity contribution in [3.63, 3.8) is 0 Å². The summed E-state index contributed by atoms with van der Waals surface area (Å²) < 4.78 is 6.17. The molecule has 0 aromatic heterocycles. The zero-order chi connectivity index (χ0) is 38.3. The molecule has 12 heteroatoms. The lowest BCUT2D eigenvalue weighted by Crippen LogP contribution is -2.55. The minimum atomic E-state index is -1.49. The Hall–Kier alpha value is -6.69. The van der Waals surface area contributed by atoms with Crippen LogP contribution in [0.1, 0.15) is 39.9 Å². The first-order chi connectivity index (χ1) is 26.5. The lowest BCUT2D eigenvalue weighted by atomic mass is 9.48. The Labute approximate surface area is 314 Å². The summed E-state index contributed by atoms with van der Waals surface area (Å²) in [4.78, 5) is 71.5. The van der Waals surface area contributed by atoms with E-state index in [-0.39, 0.29) is 36.3 Å². The molecule has 1 saturated carbocycles. The first-order valence-corrected chi connectivity index (χ1v) is 18.1. The molecule has 0 spiro atoms. The van der Waals surface area contributed by atoms with E-state index in [2.05, 4.69) is 5.43 Å². The third-order valence-corrected chi connectivity index (χ3v) is 12.0. The second-order valence-electron chi connectivity index (χ2n) is 14.9. The van der Waals surface area contributed by atoms with Gasteiger partial charge in [-0.25, -0.2) is 9.69 Å². The molecule has 3 fully saturated rings. The number of rotatable bonds is 6. The molecule has 2 saturated heterocycles. The largest absolute Gasteiger partial charge is 0.508 e. The first kappa shape index (κ1) is 34.1. The number of fused-ring (bicyclic) bond motifs is 5. The van der Waals surface area contributed by atoms with Crippen molar-refractivity contribution in [2.24, 2.45) is 29.6 Å². The number of aromatic carboxylic acids is 1. The first-order valence-electron chi connectivity index (χ1n) is 18.1. The van der Waals surface area contributed by atoms with Crippen LogP contribution in [0.4, 0.5) is 11.4 Å². The topological polar surface area (TPSA) is 174 Å². The molecule has 55 heavy (non-hydrogen) atoms. The number of phenolic OH excluding ortho intramolecular Hbond substituents is 1. The summed E-state index contributed by atoms with van der Waals surface area (Å²) in [6.45, 7) is 1.93. The molecular weight excluding hydrogens is 702 g/mol. The molecule has 2 aliphatic carbocycles. The number of allylic oxidation sites excluding steroid dienone is 3. The van der Waals surface area contributed by atoms with Gasteiger partial charge in [-0.15, -0.1) is 0 Å². The van der Waals surface area contributed by atoms with Gasteiger partial charge in [0, 0.05) is 24.0 Å². The number of hydrazine groups is 1. The van der Waals surface area contributed by atoms with E-state index in [1.807, 2.05) is 55.5 Å². The zero-order valence-electron chi connectivity index (χ0n) is 29.5. The number of hydrogen-bond donors (Lipinski definition) is 4. The number of amides is 4. The fraction of sp³-hybridized carbons (Fsp3) is 0.233. The van der Waals surface area contributed by atoms with Gasteiger partial charge in [0.1, 0.15) is 22.8 Å². The normalized spacial score (nSPS) is 26.7. The van der Waals surface area contributed by atoms with Crippen LogP contribution >= 0.6 is 0 Å². The average molecular weight is 738 g/mol. The molecule has 4 amide bonds. The third-order valence-electron chi connectivity index (χ3n) is 12.0. The van der Waals surface area contributed by atoms with Gasteiger partial charge in [-0.3, -0.25) is 24.6 Å². The second-order valence-corrected chi connectivity index (χ2v) is 14.9. The summed E-state index contributed by atoms with van der Waals surface area (Å²) in [6, 6.07) is 24.8. The summed E-state index contributed by atoms with van der Waals surface area (Å²) in [7, 11) is 0. The maximum absolute atomic E-state index is 15.4. The SMILES string of the molecule is Cc1ccc(NN2C(=O)C3CC4C(=CCC5C(=O)N(c6ccc(C(=O)O)c(O)c6)C(=O)C54)C(C4=COc5ccc(O)cc5C4)C3(c3ccccc3)C2=O)cc1. The number of imide groups is 2. The Morgan fingerprint density at radius 3 is 2.36 bits per heavy atom. The number of aromatic hydroxyl groups is 2. The maximum atomic E-state index is 15.4. The molecule has 9 rings (SSSR count). The molecule has 5 aliphatic rings. The molecular formula is C43H35N3O9. The van der Waals surface area contributed by atoms with Crippen molar-refractivity contribution in [3.05, 3.63) is 137 Å². The van der Waals surface area contributed by atoms with Gasteiger partial charge in [-0.05, 0) is 79.3 Å². The van der Waals surface area contributed by atoms with Crippen LogP contribution in [0.5, 0.6) is 17.2 Å². The summed E-state index contributed by atoms with van der Waals surface area (Å²) in [5, 5.41) is 31.5. The number of carboxylic acid groups (broad SMARTS) is 1. The number of ether oxygens (including phenoxy) is 1. The number of anilines is 2. The van der Waals surface area contributed by atoms with Crippen LogP contribution in [0, 0.1) is 36.5 Å². The van der Waals surface area contributed by atoms with Crippen molar-refractivity contribution in [2.75, 3.05) is 10.3 Å². The smallest absolute Gasteiger partial charge is 0.339 e. The number of carboxylic acids is 1. The van der Waals surface area contributed by atoms with Crippen molar-refractivity contribution >= 4 is 41.0 Å². The van der Waals surface area contributed by atoms with Gasteiger partial charge in [-0.1, -0.05) is 59.7 Å². The van der Waals surface area contributed by atoms with Gasteiger partial charge < -0.3 is 20.1 Å². The number of carbonyl (C=O) groups is 5. The van der Waals surface area contributed by atoms with Crippen LogP contribution in [0.3, 0.4) is 0 Å². The lowest BCUT2D eigenvalue weighted by molar-refractivity contribution is -0.139. The third kappa shape index (κ3) is 5.00. The Morgan fingerprint density at radius 2 is 1.64 bits per heavy atom. The highest BCUT2D eigenvalue weighted by molar-refractivity contribution is 6.23. The van der Waals surface area contributed by atoms with Crippen molar-refractivity contribution in [2.45, 2.75) is 31.6 Å². The van der Waals surface area contributed by atoms with E-state index in [4.69, 9.17) is 4.74 Å². The molecule has 0 bridgehead atoms. The highest BCUT2D eigenvalue weighted by atomic mass is 16.5. The molecule has 4 aromatic carbocycles. The molecule has 12 nitrogen and oxygen atoms in total. The van der Waals surface area contributed by atoms with Gasteiger partial charge in [0.15, 0.2) is 0 Å². The van der Waals surface area contributed by atoms with Crippen LogP contribution in [0.25, 0.3) is 0 Å². The predicted molar refractivity (Wildman–Crippen MR) is 198 cm³/mol. The van der Waals surface area contributed by atoms with E-state index in [0.29, 0.717) is 28.1 Å². The van der Waals surface area contributed by atoms with Crippen LogP contribution < -0.4 is 15.1 Å². The van der Waals surface area contributed by atoms with Gasteiger partial charge in [0.2, 0.25) is 11.8 Å². The molecule has 3 heterocycles. The number of nitrogens with zero attached hydrogens (tertiary/aromatic N) is 2.